The van der Waals surface area contributed by atoms with Crippen LogP contribution >= 0.6 is 11.8 Å². The van der Waals surface area contributed by atoms with Gasteiger partial charge in [-0.05, 0) is 49.2 Å². The van der Waals surface area contributed by atoms with E-state index in [0.717, 1.165) is 12.8 Å². The number of anilines is 1. The van der Waals surface area contributed by atoms with E-state index in [4.69, 9.17) is 0 Å². The molecule has 0 fully saturated rings. The number of carbonyl (C=O) groups is 2. The van der Waals surface area contributed by atoms with Gasteiger partial charge in [-0.1, -0.05) is 37.7 Å². The molecular formula is C23H25N3O3S. The van der Waals surface area contributed by atoms with Crippen LogP contribution in [0.2, 0.25) is 0 Å². The van der Waals surface area contributed by atoms with E-state index in [-0.39, 0.29) is 23.0 Å². The van der Waals surface area contributed by atoms with Crippen LogP contribution in [0.3, 0.4) is 0 Å². The number of rotatable bonds is 9. The fourth-order valence-corrected chi connectivity index (χ4v) is 4.00. The molecule has 156 valence electrons. The van der Waals surface area contributed by atoms with E-state index in [9.17, 15) is 14.4 Å². The Morgan fingerprint density at radius 2 is 1.77 bits per heavy atom. The van der Waals surface area contributed by atoms with Gasteiger partial charge in [-0.15, -0.1) is 0 Å². The van der Waals surface area contributed by atoms with Crippen molar-refractivity contribution in [3.63, 3.8) is 0 Å². The van der Waals surface area contributed by atoms with Gasteiger partial charge < -0.3 is 5.32 Å². The van der Waals surface area contributed by atoms with E-state index >= 15 is 0 Å². The second-order valence-corrected chi connectivity index (χ2v) is 7.90. The molecule has 7 heteroatoms. The summed E-state index contributed by atoms with van der Waals surface area (Å²) in [5.74, 6) is 0.0797. The number of thioether (sulfide) groups is 1. The number of para-hydroxylation sites is 1. The topological polar surface area (TPSA) is 81.1 Å². The molecule has 0 radical (unpaired) electrons. The van der Waals surface area contributed by atoms with Crippen molar-refractivity contribution in [2.24, 2.45) is 0 Å². The van der Waals surface area contributed by atoms with Gasteiger partial charge in [0, 0.05) is 24.2 Å². The smallest absolute Gasteiger partial charge is 0.262 e. The van der Waals surface area contributed by atoms with Gasteiger partial charge in [0.15, 0.2) is 10.9 Å². The number of nitrogens with zero attached hydrogens (tertiary/aromatic N) is 2. The van der Waals surface area contributed by atoms with Gasteiger partial charge in [0.25, 0.3) is 5.56 Å². The number of fused-ring (bicyclic) bond motifs is 1. The Hall–Kier alpha value is -2.93. The highest BCUT2D eigenvalue weighted by Gasteiger charge is 2.14. The maximum atomic E-state index is 12.8. The first kappa shape index (κ1) is 21.8. The predicted octanol–water partition coefficient (Wildman–Crippen LogP) is 4.52. The van der Waals surface area contributed by atoms with Crippen molar-refractivity contribution in [1.29, 1.82) is 0 Å². The molecule has 0 unspecified atom stereocenters. The molecule has 0 aliphatic rings. The lowest BCUT2D eigenvalue weighted by molar-refractivity contribution is -0.116. The molecule has 0 spiro atoms. The third-order valence-corrected chi connectivity index (χ3v) is 5.55. The van der Waals surface area contributed by atoms with Crippen LogP contribution < -0.4 is 10.9 Å². The van der Waals surface area contributed by atoms with E-state index in [1.54, 1.807) is 34.9 Å². The highest BCUT2D eigenvalue weighted by molar-refractivity contribution is 7.99. The molecule has 6 nitrogen and oxygen atoms in total. The van der Waals surface area contributed by atoms with Crippen molar-refractivity contribution in [2.45, 2.75) is 44.8 Å². The predicted molar refractivity (Wildman–Crippen MR) is 121 cm³/mol. The summed E-state index contributed by atoms with van der Waals surface area (Å²) in [5, 5.41) is 3.95. The number of ketones is 1. The Bertz CT molecular complexity index is 1110. The lowest BCUT2D eigenvalue weighted by atomic mass is 10.1. The first-order chi connectivity index (χ1) is 14.5. The molecule has 0 aliphatic carbocycles. The third-order valence-electron chi connectivity index (χ3n) is 4.57. The molecule has 0 bridgehead atoms. The van der Waals surface area contributed by atoms with Gasteiger partial charge in [-0.2, -0.15) is 0 Å². The van der Waals surface area contributed by atoms with Crippen molar-refractivity contribution in [1.82, 2.24) is 9.55 Å². The minimum atomic E-state index is -0.0791. The van der Waals surface area contributed by atoms with Crippen LogP contribution in [0.15, 0.2) is 58.5 Å². The average molecular weight is 424 g/mol. The number of aromatic nitrogens is 2. The number of hydrogen-bond donors (Lipinski definition) is 1. The third kappa shape index (κ3) is 5.16. The summed E-state index contributed by atoms with van der Waals surface area (Å²) < 4.78 is 1.65. The zero-order valence-corrected chi connectivity index (χ0v) is 18.0. The largest absolute Gasteiger partial charge is 0.326 e. The molecule has 0 aliphatic heterocycles. The van der Waals surface area contributed by atoms with Gasteiger partial charge in [-0.25, -0.2) is 4.98 Å². The van der Waals surface area contributed by atoms with Crippen LogP contribution in [0.25, 0.3) is 10.9 Å². The Labute approximate surface area is 179 Å². The number of hydrogen-bond acceptors (Lipinski definition) is 5. The Morgan fingerprint density at radius 1 is 1.03 bits per heavy atom. The zero-order valence-electron chi connectivity index (χ0n) is 17.2. The van der Waals surface area contributed by atoms with Crippen LogP contribution in [0.1, 0.15) is 43.5 Å². The van der Waals surface area contributed by atoms with Gasteiger partial charge in [0.2, 0.25) is 5.91 Å². The number of nitrogens with one attached hydrogen (secondary N) is 1. The van der Waals surface area contributed by atoms with Crippen molar-refractivity contribution in [2.75, 3.05) is 11.1 Å². The molecule has 1 N–H and O–H groups in total. The quantitative estimate of drug-likeness (QED) is 0.311. The Balaban J connectivity index is 1.74. The molecule has 0 atom stereocenters. The highest BCUT2D eigenvalue weighted by Crippen LogP contribution is 2.20. The molecule has 30 heavy (non-hydrogen) atoms. The molecule has 3 rings (SSSR count). The monoisotopic (exact) mass is 423 g/mol. The summed E-state index contributed by atoms with van der Waals surface area (Å²) in [6.07, 6.45) is 2.05. The lowest BCUT2D eigenvalue weighted by Crippen LogP contribution is -2.23. The fourth-order valence-electron chi connectivity index (χ4n) is 3.08. The number of carbonyl (C=O) groups excluding carboxylic acids is 2. The van der Waals surface area contributed by atoms with Crippen molar-refractivity contribution in [3.05, 3.63) is 64.4 Å². The highest BCUT2D eigenvalue weighted by atomic mass is 32.2. The first-order valence-corrected chi connectivity index (χ1v) is 11.1. The molecule has 0 saturated heterocycles. The van der Waals surface area contributed by atoms with E-state index < -0.39 is 0 Å². The van der Waals surface area contributed by atoms with Crippen LogP contribution in [0.4, 0.5) is 5.69 Å². The molecular weight excluding hydrogens is 398 g/mol. The van der Waals surface area contributed by atoms with Gasteiger partial charge in [0.1, 0.15) is 0 Å². The Kier molecular flexibility index (Phi) is 7.41. The van der Waals surface area contributed by atoms with Crippen molar-refractivity contribution < 1.29 is 9.59 Å². The van der Waals surface area contributed by atoms with Crippen molar-refractivity contribution in [3.8, 4) is 0 Å². The summed E-state index contributed by atoms with van der Waals surface area (Å²) in [4.78, 5) is 41.8. The summed E-state index contributed by atoms with van der Waals surface area (Å²) in [7, 11) is 0. The van der Waals surface area contributed by atoms with E-state index in [1.165, 1.54) is 11.8 Å². The normalized spacial score (nSPS) is 10.9. The number of benzene rings is 2. The summed E-state index contributed by atoms with van der Waals surface area (Å²) in [6.45, 7) is 4.50. The maximum Gasteiger partial charge on any atom is 0.262 e. The molecule has 3 aromatic rings. The van der Waals surface area contributed by atoms with Crippen LogP contribution in [0, 0.1) is 0 Å². The zero-order chi connectivity index (χ0) is 21.5. The molecule has 1 aromatic heterocycles. The minimum absolute atomic E-state index is 0.0385. The van der Waals surface area contributed by atoms with Gasteiger partial charge in [-0.3, -0.25) is 19.0 Å². The van der Waals surface area contributed by atoms with E-state index in [2.05, 4.69) is 10.3 Å². The number of amides is 1. The van der Waals surface area contributed by atoms with Crippen LogP contribution in [0.5, 0.6) is 0 Å². The summed E-state index contributed by atoms with van der Waals surface area (Å²) in [6, 6.07) is 14.1. The fraction of sp³-hybridized carbons (Fsp3) is 0.304. The van der Waals surface area contributed by atoms with E-state index in [0.29, 0.717) is 40.3 Å². The van der Waals surface area contributed by atoms with Crippen molar-refractivity contribution >= 4 is 40.0 Å². The van der Waals surface area contributed by atoms with Crippen LogP contribution in [-0.2, 0) is 11.3 Å². The maximum absolute atomic E-state index is 12.8. The second kappa shape index (κ2) is 10.2. The molecule has 1 amide bonds. The lowest BCUT2D eigenvalue weighted by Gasteiger charge is -2.12. The summed E-state index contributed by atoms with van der Waals surface area (Å²) in [5.41, 5.74) is 1.79. The Morgan fingerprint density at radius 3 is 2.47 bits per heavy atom. The van der Waals surface area contributed by atoms with Crippen LogP contribution in [-0.4, -0.2) is 27.0 Å². The second-order valence-electron chi connectivity index (χ2n) is 6.96. The molecule has 0 saturated carbocycles. The SMILES string of the molecule is CCCC(=O)Nc1ccc(C(=O)CSc2nc3ccccc3c(=O)n2CCC)cc1. The minimum Gasteiger partial charge on any atom is -0.326 e. The summed E-state index contributed by atoms with van der Waals surface area (Å²) >= 11 is 1.27. The standard InChI is InChI=1S/C23H25N3O3S/c1-3-7-21(28)24-17-12-10-16(11-13-17)20(27)15-30-23-25-19-9-6-5-8-18(19)22(29)26(23)14-4-2/h5-6,8-13H,3-4,7,14-15H2,1-2H3,(H,24,28). The van der Waals surface area contributed by atoms with Gasteiger partial charge in [0.05, 0.1) is 16.7 Å². The molecule has 1 heterocycles. The average Bonchev–Trinajstić information content (AvgIpc) is 2.75. The first-order valence-electron chi connectivity index (χ1n) is 10.1. The molecule has 2 aromatic carbocycles. The van der Waals surface area contributed by atoms with Gasteiger partial charge >= 0.3 is 0 Å². The number of Topliss-reactive ketones (excluding diaryl/α,β-unsaturated/α-hetero) is 1. The van der Waals surface area contributed by atoms with E-state index in [1.807, 2.05) is 32.0 Å².